The highest BCUT2D eigenvalue weighted by molar-refractivity contribution is 5.78. The molecule has 72 valence electrons. The number of nitrogens with one attached hydrogen (secondary N) is 2. The second-order valence-corrected chi connectivity index (χ2v) is 3.31. The molecule has 0 heterocycles. The van der Waals surface area contributed by atoms with E-state index in [4.69, 9.17) is 6.42 Å². The van der Waals surface area contributed by atoms with Crippen molar-refractivity contribution in [1.82, 2.24) is 10.6 Å². The van der Waals surface area contributed by atoms with Gasteiger partial charge in [-0.05, 0) is 25.8 Å². The zero-order chi connectivity index (χ0) is 9.52. The molecule has 1 rings (SSSR count). The number of hydrogen-bond donors (Lipinski definition) is 2. The first kappa shape index (κ1) is 10.1. The van der Waals surface area contributed by atoms with Gasteiger partial charge in [-0.1, -0.05) is 5.92 Å². The second-order valence-electron chi connectivity index (χ2n) is 3.31. The van der Waals surface area contributed by atoms with Crippen molar-refractivity contribution < 1.29 is 4.79 Å². The number of terminal acetylenes is 1. The first-order valence-electron chi connectivity index (χ1n) is 4.76. The summed E-state index contributed by atoms with van der Waals surface area (Å²) >= 11 is 0. The fraction of sp³-hybridized carbons (Fsp3) is 0.700. The fourth-order valence-electron chi connectivity index (χ4n) is 1.07. The maximum atomic E-state index is 10.9. The summed E-state index contributed by atoms with van der Waals surface area (Å²) in [5.41, 5.74) is 0. The minimum atomic E-state index is -0.0473. The van der Waals surface area contributed by atoms with Gasteiger partial charge in [-0.3, -0.25) is 4.79 Å². The van der Waals surface area contributed by atoms with Crippen LogP contribution in [-0.2, 0) is 4.79 Å². The van der Waals surface area contributed by atoms with Gasteiger partial charge in [0.1, 0.15) is 0 Å². The third kappa shape index (κ3) is 5.26. The molecule has 3 heteroatoms. The highest BCUT2D eigenvalue weighted by Gasteiger charge is 2.19. The van der Waals surface area contributed by atoms with Crippen LogP contribution in [0.2, 0.25) is 0 Å². The smallest absolute Gasteiger partial charge is 0.232 e. The Hall–Kier alpha value is -1.01. The van der Waals surface area contributed by atoms with Crippen LogP contribution in [0.15, 0.2) is 0 Å². The lowest BCUT2D eigenvalue weighted by molar-refractivity contribution is -0.120. The predicted octanol–water partition coefficient (Wildman–Crippen LogP) is 0.268. The van der Waals surface area contributed by atoms with E-state index >= 15 is 0 Å². The maximum Gasteiger partial charge on any atom is 0.232 e. The van der Waals surface area contributed by atoms with Crippen LogP contribution in [0.5, 0.6) is 0 Å². The average molecular weight is 180 g/mol. The summed E-state index contributed by atoms with van der Waals surface area (Å²) in [6.45, 7) is 1.71. The molecular weight excluding hydrogens is 164 g/mol. The second kappa shape index (κ2) is 5.60. The highest BCUT2D eigenvalue weighted by Crippen LogP contribution is 2.18. The molecule has 0 atom stereocenters. The van der Waals surface area contributed by atoms with E-state index in [0.717, 1.165) is 25.6 Å². The van der Waals surface area contributed by atoms with E-state index < -0.39 is 0 Å². The van der Waals surface area contributed by atoms with E-state index in [1.54, 1.807) is 0 Å². The molecule has 0 saturated heterocycles. The molecule has 2 N–H and O–H groups in total. The minimum Gasteiger partial charge on any atom is -0.355 e. The fourth-order valence-corrected chi connectivity index (χ4v) is 1.07. The summed E-state index contributed by atoms with van der Waals surface area (Å²) in [5, 5.41) is 6.13. The van der Waals surface area contributed by atoms with Crippen molar-refractivity contribution in [2.75, 3.05) is 13.1 Å². The third-order valence-corrected chi connectivity index (χ3v) is 1.95. The molecule has 1 fully saturated rings. The van der Waals surface area contributed by atoms with Crippen molar-refractivity contribution in [2.24, 2.45) is 0 Å². The monoisotopic (exact) mass is 180 g/mol. The maximum absolute atomic E-state index is 10.9. The standard InChI is InChI=1S/C10H16N2O/c1-2-4-10(13)12-8-3-7-11-9-5-6-9/h1,9,11H,3-8H2,(H,12,13). The summed E-state index contributed by atoms with van der Waals surface area (Å²) in [6.07, 6.45) is 8.77. The Kier molecular flexibility index (Phi) is 4.34. The average Bonchev–Trinajstić information content (AvgIpc) is 2.88. The Morgan fingerprint density at radius 2 is 2.23 bits per heavy atom. The molecule has 1 saturated carbocycles. The van der Waals surface area contributed by atoms with Crippen LogP contribution in [0.25, 0.3) is 0 Å². The van der Waals surface area contributed by atoms with Crippen LogP contribution in [0.4, 0.5) is 0 Å². The predicted molar refractivity (Wildman–Crippen MR) is 52.1 cm³/mol. The number of amides is 1. The van der Waals surface area contributed by atoms with Crippen molar-refractivity contribution in [3.05, 3.63) is 0 Å². The van der Waals surface area contributed by atoms with Gasteiger partial charge in [-0.15, -0.1) is 6.42 Å². The molecule has 0 unspecified atom stereocenters. The van der Waals surface area contributed by atoms with Crippen molar-refractivity contribution in [1.29, 1.82) is 0 Å². The molecule has 1 aliphatic rings. The Morgan fingerprint density at radius 3 is 2.85 bits per heavy atom. The van der Waals surface area contributed by atoms with Crippen LogP contribution >= 0.6 is 0 Å². The number of carbonyl (C=O) groups excluding carboxylic acids is 1. The number of rotatable bonds is 6. The van der Waals surface area contributed by atoms with E-state index in [2.05, 4.69) is 16.6 Å². The molecule has 13 heavy (non-hydrogen) atoms. The zero-order valence-electron chi connectivity index (χ0n) is 7.81. The van der Waals surface area contributed by atoms with Crippen molar-refractivity contribution in [3.8, 4) is 12.3 Å². The van der Waals surface area contributed by atoms with E-state index in [1.807, 2.05) is 0 Å². The van der Waals surface area contributed by atoms with E-state index in [9.17, 15) is 4.79 Å². The number of hydrogen-bond acceptors (Lipinski definition) is 2. The zero-order valence-corrected chi connectivity index (χ0v) is 7.81. The minimum absolute atomic E-state index is 0.0473. The van der Waals surface area contributed by atoms with Crippen molar-refractivity contribution in [3.63, 3.8) is 0 Å². The molecule has 0 spiro atoms. The SMILES string of the molecule is C#CCC(=O)NCCCNC1CC1. The van der Waals surface area contributed by atoms with Gasteiger partial charge >= 0.3 is 0 Å². The lowest BCUT2D eigenvalue weighted by atomic mass is 10.3. The van der Waals surface area contributed by atoms with Crippen LogP contribution in [0, 0.1) is 12.3 Å². The molecule has 0 aromatic rings. The molecule has 1 aliphatic carbocycles. The molecule has 1 amide bonds. The summed E-state index contributed by atoms with van der Waals surface area (Å²) in [5.74, 6) is 2.26. The van der Waals surface area contributed by atoms with Gasteiger partial charge in [0.05, 0.1) is 6.42 Å². The molecule has 3 nitrogen and oxygen atoms in total. The van der Waals surface area contributed by atoms with Crippen molar-refractivity contribution in [2.45, 2.75) is 31.7 Å². The van der Waals surface area contributed by atoms with E-state index in [1.165, 1.54) is 12.8 Å². The van der Waals surface area contributed by atoms with Gasteiger partial charge in [-0.25, -0.2) is 0 Å². The lowest BCUT2D eigenvalue weighted by Gasteiger charge is -2.03. The third-order valence-electron chi connectivity index (χ3n) is 1.95. The Balaban J connectivity index is 1.82. The van der Waals surface area contributed by atoms with Crippen molar-refractivity contribution >= 4 is 5.91 Å². The summed E-state index contributed by atoms with van der Waals surface area (Å²) in [4.78, 5) is 10.9. The molecular formula is C10H16N2O. The molecule has 0 aliphatic heterocycles. The van der Waals surface area contributed by atoms with Gasteiger partial charge in [0.15, 0.2) is 0 Å². The van der Waals surface area contributed by atoms with Gasteiger partial charge in [0.25, 0.3) is 0 Å². The van der Waals surface area contributed by atoms with E-state index in [0.29, 0.717) is 0 Å². The van der Waals surface area contributed by atoms with Gasteiger partial charge in [0.2, 0.25) is 5.91 Å². The Bertz CT molecular complexity index is 203. The summed E-state index contributed by atoms with van der Waals surface area (Å²) in [6, 6.07) is 0.751. The summed E-state index contributed by atoms with van der Waals surface area (Å²) in [7, 11) is 0. The molecule has 0 radical (unpaired) electrons. The van der Waals surface area contributed by atoms with Crippen LogP contribution in [0.1, 0.15) is 25.7 Å². The topological polar surface area (TPSA) is 41.1 Å². The van der Waals surface area contributed by atoms with E-state index in [-0.39, 0.29) is 12.3 Å². The van der Waals surface area contributed by atoms with Gasteiger partial charge in [0, 0.05) is 12.6 Å². The molecule has 0 bridgehead atoms. The Labute approximate surface area is 79.3 Å². The number of carbonyl (C=O) groups is 1. The van der Waals surface area contributed by atoms with Crippen LogP contribution < -0.4 is 10.6 Å². The highest BCUT2D eigenvalue weighted by atomic mass is 16.1. The first-order chi connectivity index (χ1) is 6.33. The quantitative estimate of drug-likeness (QED) is 0.455. The van der Waals surface area contributed by atoms with Gasteiger partial charge < -0.3 is 10.6 Å². The lowest BCUT2D eigenvalue weighted by Crippen LogP contribution is -2.27. The summed E-state index contributed by atoms with van der Waals surface area (Å²) < 4.78 is 0. The normalized spacial score (nSPS) is 15.0. The Morgan fingerprint density at radius 1 is 1.46 bits per heavy atom. The van der Waals surface area contributed by atoms with Crippen LogP contribution in [-0.4, -0.2) is 25.0 Å². The molecule has 0 aromatic heterocycles. The first-order valence-corrected chi connectivity index (χ1v) is 4.76. The van der Waals surface area contributed by atoms with Gasteiger partial charge in [-0.2, -0.15) is 0 Å². The largest absolute Gasteiger partial charge is 0.355 e. The van der Waals surface area contributed by atoms with Crippen LogP contribution in [0.3, 0.4) is 0 Å². The molecule has 0 aromatic carbocycles.